The summed E-state index contributed by atoms with van der Waals surface area (Å²) < 4.78 is 34.9. The number of hydrogen-bond donors (Lipinski definition) is 0. The molecule has 1 fully saturated rings. The number of hydrogen-bond acceptors (Lipinski definition) is 6. The van der Waals surface area contributed by atoms with E-state index in [1.165, 1.54) is 9.80 Å². The number of rotatable bonds is 2. The summed E-state index contributed by atoms with van der Waals surface area (Å²) in [4.78, 5) is 33.1. The van der Waals surface area contributed by atoms with Crippen molar-refractivity contribution in [1.29, 1.82) is 0 Å². The highest BCUT2D eigenvalue weighted by molar-refractivity contribution is 8.14. The lowest BCUT2D eigenvalue weighted by molar-refractivity contribution is 0.0853. The van der Waals surface area contributed by atoms with E-state index in [9.17, 15) is 14.0 Å². The molecule has 0 saturated carbocycles. The fraction of sp³-hybridized carbons (Fsp3) is 0.471. The molecule has 3 aliphatic rings. The van der Waals surface area contributed by atoms with Crippen LogP contribution in [0, 0.1) is 11.6 Å². The molecule has 0 N–H and O–H groups in total. The number of amidine groups is 1. The number of halogens is 2. The van der Waals surface area contributed by atoms with Crippen molar-refractivity contribution in [3.8, 4) is 0 Å². The van der Waals surface area contributed by atoms with Gasteiger partial charge >= 0.3 is 6.09 Å². The van der Waals surface area contributed by atoms with Crippen LogP contribution in [0.25, 0.3) is 0 Å². The number of anilines is 1. The normalized spacial score (nSPS) is 19.0. The van der Waals surface area contributed by atoms with Gasteiger partial charge in [-0.2, -0.15) is 0 Å². The smallest absolute Gasteiger partial charge is 0.409 e. The number of amides is 2. The van der Waals surface area contributed by atoms with Gasteiger partial charge in [0.05, 0.1) is 23.6 Å². The molecule has 3 heterocycles. The van der Waals surface area contributed by atoms with E-state index in [0.717, 1.165) is 17.8 Å². The van der Waals surface area contributed by atoms with Crippen molar-refractivity contribution in [2.75, 3.05) is 50.8 Å². The number of aliphatic imine (C=N–C) groups is 1. The Morgan fingerprint density at radius 1 is 1.26 bits per heavy atom. The maximum Gasteiger partial charge on any atom is 0.409 e. The van der Waals surface area contributed by atoms with Gasteiger partial charge in [-0.15, -0.1) is 0 Å². The van der Waals surface area contributed by atoms with Crippen molar-refractivity contribution < 1.29 is 23.1 Å². The van der Waals surface area contributed by atoms with Gasteiger partial charge in [0.1, 0.15) is 11.5 Å². The number of piperazine rings is 1. The van der Waals surface area contributed by atoms with Gasteiger partial charge in [0.25, 0.3) is 5.91 Å². The van der Waals surface area contributed by atoms with Crippen LogP contribution in [0.4, 0.5) is 19.3 Å². The second-order valence-electron chi connectivity index (χ2n) is 6.29. The van der Waals surface area contributed by atoms with E-state index in [0.29, 0.717) is 31.3 Å². The average Bonchev–Trinajstić information content (AvgIpc) is 3.13. The first-order valence-corrected chi connectivity index (χ1v) is 9.55. The molecule has 0 bridgehead atoms. The van der Waals surface area contributed by atoms with Gasteiger partial charge in [0.2, 0.25) is 0 Å². The summed E-state index contributed by atoms with van der Waals surface area (Å²) >= 11 is 1.06. The quantitative estimate of drug-likeness (QED) is 0.767. The Bertz CT molecular complexity index is 840. The average molecular weight is 396 g/mol. The van der Waals surface area contributed by atoms with Gasteiger partial charge in [-0.3, -0.25) is 14.7 Å². The summed E-state index contributed by atoms with van der Waals surface area (Å²) in [5, 5.41) is 0.455. The van der Waals surface area contributed by atoms with Crippen molar-refractivity contribution in [1.82, 2.24) is 9.80 Å². The molecular weight excluding hydrogens is 378 g/mol. The summed E-state index contributed by atoms with van der Waals surface area (Å²) in [7, 11) is 0. The third kappa shape index (κ3) is 3.01. The molecule has 27 heavy (non-hydrogen) atoms. The number of ether oxygens (including phenoxy) is 1. The van der Waals surface area contributed by atoms with Crippen LogP contribution >= 0.6 is 11.8 Å². The van der Waals surface area contributed by atoms with Crippen molar-refractivity contribution in [3.63, 3.8) is 0 Å². The fourth-order valence-electron chi connectivity index (χ4n) is 3.41. The van der Waals surface area contributed by atoms with Crippen molar-refractivity contribution in [2.24, 2.45) is 4.99 Å². The van der Waals surface area contributed by atoms with Gasteiger partial charge in [0.15, 0.2) is 11.0 Å². The lowest BCUT2D eigenvalue weighted by Crippen LogP contribution is -2.49. The zero-order valence-corrected chi connectivity index (χ0v) is 15.5. The Morgan fingerprint density at radius 2 is 2.00 bits per heavy atom. The summed E-state index contributed by atoms with van der Waals surface area (Å²) in [6.45, 7) is 4.06. The van der Waals surface area contributed by atoms with E-state index < -0.39 is 23.6 Å². The molecule has 0 unspecified atom stereocenters. The highest BCUT2D eigenvalue weighted by Gasteiger charge is 2.37. The summed E-state index contributed by atoms with van der Waals surface area (Å²) in [5.74, 6) is -1.94. The van der Waals surface area contributed by atoms with E-state index >= 15 is 4.39 Å². The minimum atomic E-state index is -0.774. The molecule has 1 aromatic rings. The predicted octanol–water partition coefficient (Wildman–Crippen LogP) is 2.16. The number of thioether (sulfide) groups is 1. The first kappa shape index (κ1) is 18.0. The molecule has 0 radical (unpaired) electrons. The Hall–Kier alpha value is -2.36. The van der Waals surface area contributed by atoms with Crippen LogP contribution in [0.3, 0.4) is 0 Å². The fourth-order valence-corrected chi connectivity index (χ4v) is 4.47. The maximum atomic E-state index is 15.2. The molecule has 2 amide bonds. The molecule has 144 valence electrons. The van der Waals surface area contributed by atoms with Crippen LogP contribution in [0.5, 0.6) is 0 Å². The van der Waals surface area contributed by atoms with E-state index in [1.807, 2.05) is 0 Å². The van der Waals surface area contributed by atoms with Crippen molar-refractivity contribution in [2.45, 2.75) is 11.8 Å². The topological polar surface area (TPSA) is 65.5 Å². The molecule has 10 heteroatoms. The molecule has 3 aliphatic heterocycles. The highest BCUT2D eigenvalue weighted by Crippen LogP contribution is 2.41. The van der Waals surface area contributed by atoms with Crippen LogP contribution in [-0.4, -0.2) is 72.8 Å². The third-order valence-corrected chi connectivity index (χ3v) is 5.88. The van der Waals surface area contributed by atoms with Crippen LogP contribution in [0.15, 0.2) is 16.0 Å². The molecule has 0 aromatic heterocycles. The second kappa shape index (κ2) is 6.99. The zero-order valence-electron chi connectivity index (χ0n) is 14.7. The Morgan fingerprint density at radius 3 is 2.70 bits per heavy atom. The number of nitrogens with zero attached hydrogens (tertiary/aromatic N) is 4. The number of fused-ring (bicyclic) bond motifs is 2. The Labute approximate surface area is 158 Å². The van der Waals surface area contributed by atoms with E-state index in [1.54, 1.807) is 11.8 Å². The molecule has 7 nitrogen and oxygen atoms in total. The van der Waals surface area contributed by atoms with Gasteiger partial charge in [0, 0.05) is 32.7 Å². The monoisotopic (exact) mass is 396 g/mol. The predicted molar refractivity (Wildman–Crippen MR) is 96.4 cm³/mol. The van der Waals surface area contributed by atoms with E-state index in [-0.39, 0.29) is 35.8 Å². The molecule has 1 aromatic carbocycles. The second-order valence-corrected chi connectivity index (χ2v) is 7.27. The van der Waals surface area contributed by atoms with Gasteiger partial charge < -0.3 is 14.5 Å². The first-order chi connectivity index (χ1) is 13.0. The third-order valence-electron chi connectivity index (χ3n) is 4.74. The summed E-state index contributed by atoms with van der Waals surface area (Å²) in [6.07, 6.45) is -0.427. The molecule has 4 rings (SSSR count). The minimum absolute atomic E-state index is 0.0322. The molecule has 1 saturated heterocycles. The van der Waals surface area contributed by atoms with Gasteiger partial charge in [-0.05, 0) is 24.8 Å². The van der Waals surface area contributed by atoms with Crippen LogP contribution in [0.2, 0.25) is 0 Å². The summed E-state index contributed by atoms with van der Waals surface area (Å²) in [6, 6.07) is 1.11. The molecule has 0 atom stereocenters. The van der Waals surface area contributed by atoms with E-state index in [4.69, 9.17) is 4.74 Å². The van der Waals surface area contributed by atoms with E-state index in [2.05, 4.69) is 4.99 Å². The highest BCUT2D eigenvalue weighted by atomic mass is 32.2. The SMILES string of the molecule is CCOC(=O)N1CCN(c2c(F)cc3c(c2F)SC2=NCCN2C3=O)CC1. The number of benzene rings is 1. The molecule has 0 aliphatic carbocycles. The van der Waals surface area contributed by atoms with Crippen LogP contribution in [0.1, 0.15) is 17.3 Å². The summed E-state index contributed by atoms with van der Waals surface area (Å²) in [5.41, 5.74) is -0.130. The molecule has 0 spiro atoms. The first-order valence-electron chi connectivity index (χ1n) is 8.74. The van der Waals surface area contributed by atoms with Crippen molar-refractivity contribution >= 4 is 34.6 Å². The maximum absolute atomic E-state index is 15.2. The Balaban J connectivity index is 1.60. The lowest BCUT2D eigenvalue weighted by atomic mass is 10.1. The van der Waals surface area contributed by atoms with Gasteiger partial charge in [-0.25, -0.2) is 13.6 Å². The van der Waals surface area contributed by atoms with Crippen molar-refractivity contribution in [3.05, 3.63) is 23.3 Å². The lowest BCUT2D eigenvalue weighted by Gasteiger charge is -2.36. The Kier molecular flexibility index (Phi) is 4.67. The zero-order chi connectivity index (χ0) is 19.1. The standard InChI is InChI=1S/C17H18F2N4O3S/c1-2-26-17(25)22-7-5-21(6-8-22)13-11(18)9-10-14(12(13)19)27-16-20-3-4-23(16)15(10)24/h9H,2-8H2,1H3. The van der Waals surface area contributed by atoms with Crippen LogP contribution < -0.4 is 4.90 Å². The number of carbonyl (C=O) groups is 2. The number of carbonyl (C=O) groups excluding carboxylic acids is 2. The van der Waals surface area contributed by atoms with Gasteiger partial charge in [-0.1, -0.05) is 0 Å². The minimum Gasteiger partial charge on any atom is -0.450 e. The van der Waals surface area contributed by atoms with Crippen LogP contribution in [-0.2, 0) is 4.74 Å². The molecular formula is C17H18F2N4O3S. The largest absolute Gasteiger partial charge is 0.450 e.